The summed E-state index contributed by atoms with van der Waals surface area (Å²) in [4.78, 5) is 24.2. The number of ether oxygens (including phenoxy) is 3. The molecule has 1 aliphatic rings. The van der Waals surface area contributed by atoms with Crippen LogP contribution in [0.1, 0.15) is 39.5 Å². The van der Waals surface area contributed by atoms with Crippen LogP contribution in [0.2, 0.25) is 0 Å². The Bertz CT molecular complexity index is 446. The van der Waals surface area contributed by atoms with Gasteiger partial charge in [-0.15, -0.1) is 0 Å². The first-order valence-corrected chi connectivity index (χ1v) is 8.54. The summed E-state index contributed by atoms with van der Waals surface area (Å²) in [5.41, 5.74) is 0. The van der Waals surface area contributed by atoms with Crippen molar-refractivity contribution in [2.24, 2.45) is 5.92 Å². The van der Waals surface area contributed by atoms with E-state index in [0.717, 1.165) is 12.8 Å². The minimum Gasteiger partial charge on any atom is -0.459 e. The molecule has 1 heterocycles. The van der Waals surface area contributed by atoms with Gasteiger partial charge in [0, 0.05) is 0 Å². The number of hydrogen-bond acceptors (Lipinski definition) is 8. The first kappa shape index (κ1) is 21.6. The zero-order valence-electron chi connectivity index (χ0n) is 14.7. The van der Waals surface area contributed by atoms with Crippen LogP contribution in [0.4, 0.5) is 0 Å². The molecule has 144 valence electrons. The summed E-state index contributed by atoms with van der Waals surface area (Å²) in [5.74, 6) is -1.88. The van der Waals surface area contributed by atoms with Gasteiger partial charge in [0.1, 0.15) is 24.9 Å². The largest absolute Gasteiger partial charge is 0.459 e. The van der Waals surface area contributed by atoms with E-state index in [2.05, 4.69) is 6.58 Å². The highest BCUT2D eigenvalue weighted by Gasteiger charge is 2.49. The van der Waals surface area contributed by atoms with Gasteiger partial charge in [0.25, 0.3) is 0 Å². The van der Waals surface area contributed by atoms with Crippen LogP contribution in [-0.2, 0) is 23.8 Å². The molecule has 0 spiro atoms. The van der Waals surface area contributed by atoms with E-state index in [4.69, 9.17) is 14.2 Å². The third kappa shape index (κ3) is 5.78. The van der Waals surface area contributed by atoms with E-state index in [1.807, 2.05) is 13.8 Å². The number of rotatable bonds is 9. The summed E-state index contributed by atoms with van der Waals surface area (Å²) in [6, 6.07) is 0. The Morgan fingerprint density at radius 2 is 1.72 bits per heavy atom. The van der Waals surface area contributed by atoms with Gasteiger partial charge < -0.3 is 29.5 Å². The van der Waals surface area contributed by atoms with Crippen LogP contribution >= 0.6 is 0 Å². The lowest BCUT2D eigenvalue weighted by Gasteiger charge is -2.38. The molecule has 8 heteroatoms. The summed E-state index contributed by atoms with van der Waals surface area (Å²) < 4.78 is 15.2. The van der Waals surface area contributed by atoms with Gasteiger partial charge in [0.05, 0.1) is 5.92 Å². The van der Waals surface area contributed by atoms with Crippen LogP contribution in [-0.4, -0.2) is 64.6 Å². The van der Waals surface area contributed by atoms with Crippen LogP contribution in [0.15, 0.2) is 12.7 Å². The predicted molar refractivity (Wildman–Crippen MR) is 87.2 cm³/mol. The van der Waals surface area contributed by atoms with Crippen molar-refractivity contribution in [2.45, 2.75) is 70.2 Å². The van der Waals surface area contributed by atoms with E-state index >= 15 is 0 Å². The van der Waals surface area contributed by atoms with Crippen molar-refractivity contribution in [1.82, 2.24) is 0 Å². The van der Waals surface area contributed by atoms with E-state index in [9.17, 15) is 24.9 Å². The second kappa shape index (κ2) is 10.5. The molecule has 0 aromatic carbocycles. The van der Waals surface area contributed by atoms with E-state index in [1.54, 1.807) is 0 Å². The normalized spacial score (nSPS) is 29.3. The number of carbonyl (C=O) groups is 2. The van der Waals surface area contributed by atoms with Crippen LogP contribution in [0.25, 0.3) is 0 Å². The molecule has 0 unspecified atom stereocenters. The third-order valence-electron chi connectivity index (χ3n) is 3.99. The monoisotopic (exact) mass is 360 g/mol. The Morgan fingerprint density at radius 3 is 2.24 bits per heavy atom. The summed E-state index contributed by atoms with van der Waals surface area (Å²) in [6.45, 7) is 7.16. The average molecular weight is 360 g/mol. The van der Waals surface area contributed by atoms with Gasteiger partial charge in [-0.25, -0.2) is 4.79 Å². The van der Waals surface area contributed by atoms with Gasteiger partial charge in [-0.3, -0.25) is 4.79 Å². The molecular weight excluding hydrogens is 332 g/mol. The smallest absolute Gasteiger partial charge is 0.338 e. The summed E-state index contributed by atoms with van der Waals surface area (Å²) in [5, 5.41) is 29.8. The molecule has 1 fully saturated rings. The van der Waals surface area contributed by atoms with Gasteiger partial charge in [-0.05, 0) is 12.8 Å². The standard InChI is InChI=1S/C17H28O8/c1-4-7-10(8-5-2)15(21)25-17-13(20)11(18)12(19)14(24-17)16(22)23-9-6-3/h6,10-14,17-20H,3-5,7-9H2,1-2H3/t11-,12-,13-,14+,17-/m0/s1. The highest BCUT2D eigenvalue weighted by atomic mass is 16.7. The second-order valence-corrected chi connectivity index (χ2v) is 6.03. The molecule has 8 nitrogen and oxygen atoms in total. The fourth-order valence-electron chi connectivity index (χ4n) is 2.65. The van der Waals surface area contributed by atoms with Crippen molar-refractivity contribution in [3.8, 4) is 0 Å². The predicted octanol–water partition coefficient (Wildman–Crippen LogP) is 0.283. The molecule has 0 amide bonds. The highest BCUT2D eigenvalue weighted by Crippen LogP contribution is 2.25. The quantitative estimate of drug-likeness (QED) is 0.396. The summed E-state index contributed by atoms with van der Waals surface area (Å²) in [7, 11) is 0. The van der Waals surface area contributed by atoms with Crippen LogP contribution in [0.3, 0.4) is 0 Å². The lowest BCUT2D eigenvalue weighted by atomic mass is 9.97. The molecular formula is C17H28O8. The number of esters is 2. The SMILES string of the molecule is C=CCOC(=O)[C@@H]1O[C@@H](OC(=O)C(CCC)CCC)[C@@H](O)[C@@H](O)[C@@H]1O. The summed E-state index contributed by atoms with van der Waals surface area (Å²) in [6.07, 6.45) is -4.11. The zero-order chi connectivity index (χ0) is 19.0. The number of hydrogen-bond donors (Lipinski definition) is 3. The van der Waals surface area contributed by atoms with Crippen molar-refractivity contribution in [2.75, 3.05) is 6.61 Å². The van der Waals surface area contributed by atoms with Crippen molar-refractivity contribution in [1.29, 1.82) is 0 Å². The molecule has 25 heavy (non-hydrogen) atoms. The summed E-state index contributed by atoms with van der Waals surface area (Å²) >= 11 is 0. The fourth-order valence-corrected chi connectivity index (χ4v) is 2.65. The van der Waals surface area contributed by atoms with Gasteiger partial charge in [0.15, 0.2) is 6.10 Å². The topological polar surface area (TPSA) is 123 Å². The van der Waals surface area contributed by atoms with Crippen molar-refractivity contribution < 1.29 is 39.1 Å². The maximum Gasteiger partial charge on any atom is 0.338 e. The maximum absolute atomic E-state index is 12.3. The zero-order valence-corrected chi connectivity index (χ0v) is 14.7. The van der Waals surface area contributed by atoms with Crippen LogP contribution in [0.5, 0.6) is 0 Å². The average Bonchev–Trinajstić information content (AvgIpc) is 2.59. The molecule has 0 bridgehead atoms. The first-order chi connectivity index (χ1) is 11.9. The third-order valence-corrected chi connectivity index (χ3v) is 3.99. The van der Waals surface area contributed by atoms with Crippen LogP contribution < -0.4 is 0 Å². The molecule has 3 N–H and O–H groups in total. The maximum atomic E-state index is 12.3. The lowest BCUT2D eigenvalue weighted by molar-refractivity contribution is -0.288. The first-order valence-electron chi connectivity index (χ1n) is 8.54. The van der Waals surface area contributed by atoms with Gasteiger partial charge >= 0.3 is 11.9 Å². The highest BCUT2D eigenvalue weighted by molar-refractivity contribution is 5.76. The van der Waals surface area contributed by atoms with E-state index in [1.165, 1.54) is 6.08 Å². The lowest BCUT2D eigenvalue weighted by Crippen LogP contribution is -2.61. The molecule has 0 aromatic heterocycles. The van der Waals surface area contributed by atoms with E-state index in [0.29, 0.717) is 12.8 Å². The fraction of sp³-hybridized carbons (Fsp3) is 0.765. The number of aliphatic hydroxyl groups excluding tert-OH is 3. The van der Waals surface area contributed by atoms with Gasteiger partial charge in [0.2, 0.25) is 6.29 Å². The van der Waals surface area contributed by atoms with Gasteiger partial charge in [-0.2, -0.15) is 0 Å². The van der Waals surface area contributed by atoms with Crippen LogP contribution in [0, 0.1) is 5.92 Å². The molecule has 0 aliphatic carbocycles. The number of aliphatic hydroxyl groups is 3. The molecule has 0 radical (unpaired) electrons. The van der Waals surface area contributed by atoms with Gasteiger partial charge in [-0.1, -0.05) is 39.3 Å². The Hall–Kier alpha value is -1.48. The Balaban J connectivity index is 2.81. The molecule has 1 aliphatic heterocycles. The number of carbonyl (C=O) groups excluding carboxylic acids is 2. The minimum absolute atomic E-state index is 0.108. The Kier molecular flexibility index (Phi) is 9.05. The molecule has 0 saturated carbocycles. The Morgan fingerprint density at radius 1 is 1.12 bits per heavy atom. The van der Waals surface area contributed by atoms with E-state index in [-0.39, 0.29) is 12.5 Å². The Labute approximate surface area is 147 Å². The molecule has 5 atom stereocenters. The van der Waals surface area contributed by atoms with E-state index < -0.39 is 42.6 Å². The molecule has 1 rings (SSSR count). The molecule has 0 aromatic rings. The minimum atomic E-state index is -1.72. The van der Waals surface area contributed by atoms with Crippen molar-refractivity contribution in [3.05, 3.63) is 12.7 Å². The van der Waals surface area contributed by atoms with Crippen molar-refractivity contribution >= 4 is 11.9 Å². The molecule has 1 saturated heterocycles. The second-order valence-electron chi connectivity index (χ2n) is 6.03. The van der Waals surface area contributed by atoms with Crippen molar-refractivity contribution in [3.63, 3.8) is 0 Å².